The Balaban J connectivity index is 1.98. The summed E-state index contributed by atoms with van der Waals surface area (Å²) in [6.45, 7) is 0.528. The first-order chi connectivity index (χ1) is 10.3. The molecule has 3 nitrogen and oxygen atoms in total. The van der Waals surface area contributed by atoms with Crippen LogP contribution >= 0.6 is 0 Å². The maximum Gasteiger partial charge on any atom is 0.119 e. The number of hydrogen-bond donors (Lipinski definition) is 0. The third-order valence-corrected chi connectivity index (χ3v) is 3.28. The van der Waals surface area contributed by atoms with E-state index in [-0.39, 0.29) is 5.92 Å². The van der Waals surface area contributed by atoms with E-state index in [2.05, 4.69) is 12.1 Å². The third kappa shape index (κ3) is 4.37. The molecule has 0 amide bonds. The molecule has 0 fully saturated rings. The lowest BCUT2D eigenvalue weighted by Gasteiger charge is -2.11. The van der Waals surface area contributed by atoms with Crippen molar-refractivity contribution in [1.82, 2.24) is 0 Å². The molecule has 0 aromatic heterocycles. The smallest absolute Gasteiger partial charge is 0.119 e. The van der Waals surface area contributed by atoms with E-state index in [1.165, 1.54) is 0 Å². The third-order valence-electron chi connectivity index (χ3n) is 3.28. The Hall–Kier alpha value is -2.78. The van der Waals surface area contributed by atoms with E-state index < -0.39 is 0 Å². The summed E-state index contributed by atoms with van der Waals surface area (Å²) in [4.78, 5) is 0. The molecule has 104 valence electrons. The molecule has 0 N–H and O–H groups in total. The summed E-state index contributed by atoms with van der Waals surface area (Å²) in [6, 6.07) is 21.9. The fraction of sp³-hybridized carbons (Fsp3) is 0.222. The van der Waals surface area contributed by atoms with Gasteiger partial charge in [0.1, 0.15) is 12.4 Å². The van der Waals surface area contributed by atoms with Crippen molar-refractivity contribution >= 4 is 0 Å². The van der Waals surface area contributed by atoms with Crippen LogP contribution in [0.4, 0.5) is 0 Å². The van der Waals surface area contributed by atoms with E-state index in [1.807, 2.05) is 54.6 Å². The maximum absolute atomic E-state index is 8.81. The second-order valence-corrected chi connectivity index (χ2v) is 4.76. The number of nitriles is 2. The summed E-state index contributed by atoms with van der Waals surface area (Å²) in [5.74, 6) is 0.762. The van der Waals surface area contributed by atoms with Crippen LogP contribution in [0.1, 0.15) is 29.9 Å². The number of rotatable bonds is 6. The van der Waals surface area contributed by atoms with Crippen molar-refractivity contribution in [2.75, 3.05) is 0 Å². The lowest BCUT2D eigenvalue weighted by molar-refractivity contribution is 0.306. The average Bonchev–Trinajstić information content (AvgIpc) is 2.54. The predicted octanol–water partition coefficient (Wildman–Crippen LogP) is 4.18. The molecule has 0 bridgehead atoms. The fourth-order valence-electron chi connectivity index (χ4n) is 2.11. The lowest BCUT2D eigenvalue weighted by Crippen LogP contribution is -1.98. The van der Waals surface area contributed by atoms with Gasteiger partial charge in [0.05, 0.1) is 12.1 Å². The molecule has 0 aliphatic rings. The largest absolute Gasteiger partial charge is 0.489 e. The topological polar surface area (TPSA) is 56.8 Å². The Bertz CT molecular complexity index is 620. The molecule has 0 saturated heterocycles. The number of nitrogens with zero attached hydrogens (tertiary/aromatic N) is 2. The van der Waals surface area contributed by atoms with E-state index in [0.717, 1.165) is 16.9 Å². The van der Waals surface area contributed by atoms with Crippen molar-refractivity contribution < 1.29 is 4.74 Å². The Morgan fingerprint density at radius 1 is 0.857 bits per heavy atom. The minimum absolute atomic E-state index is 0.0248. The molecule has 2 aromatic rings. The number of ether oxygens (including phenoxy) is 1. The van der Waals surface area contributed by atoms with Gasteiger partial charge in [-0.2, -0.15) is 10.5 Å². The molecule has 2 rings (SSSR count). The van der Waals surface area contributed by atoms with Gasteiger partial charge in [0.15, 0.2) is 0 Å². The van der Waals surface area contributed by atoms with Crippen molar-refractivity contribution in [1.29, 1.82) is 10.5 Å². The molecule has 0 atom stereocenters. The van der Waals surface area contributed by atoms with Crippen LogP contribution in [-0.4, -0.2) is 0 Å². The lowest BCUT2D eigenvalue weighted by atomic mass is 9.94. The van der Waals surface area contributed by atoms with Gasteiger partial charge in [-0.1, -0.05) is 42.5 Å². The number of hydrogen-bond acceptors (Lipinski definition) is 3. The van der Waals surface area contributed by atoms with Crippen LogP contribution in [-0.2, 0) is 6.61 Å². The normalized spacial score (nSPS) is 9.86. The first-order valence-electron chi connectivity index (χ1n) is 6.84. The van der Waals surface area contributed by atoms with E-state index in [9.17, 15) is 0 Å². The molecule has 0 radical (unpaired) electrons. The SMILES string of the molecule is N#CCC(CC#N)c1ccc(OCc2ccccc2)cc1. The molecule has 2 aromatic carbocycles. The van der Waals surface area contributed by atoms with Crippen molar-refractivity contribution in [2.45, 2.75) is 25.4 Å². The summed E-state index contributed by atoms with van der Waals surface area (Å²) in [5, 5.41) is 17.6. The van der Waals surface area contributed by atoms with Crippen molar-refractivity contribution in [3.63, 3.8) is 0 Å². The summed E-state index contributed by atoms with van der Waals surface area (Å²) in [5.41, 5.74) is 2.12. The van der Waals surface area contributed by atoms with E-state index in [0.29, 0.717) is 19.4 Å². The zero-order valence-corrected chi connectivity index (χ0v) is 11.7. The predicted molar refractivity (Wildman–Crippen MR) is 80.4 cm³/mol. The van der Waals surface area contributed by atoms with Gasteiger partial charge in [0.25, 0.3) is 0 Å². The van der Waals surface area contributed by atoms with Gasteiger partial charge in [-0.15, -0.1) is 0 Å². The molecule has 3 heteroatoms. The Kier molecular flexibility index (Phi) is 5.38. The Labute approximate surface area is 125 Å². The second-order valence-electron chi connectivity index (χ2n) is 4.76. The van der Waals surface area contributed by atoms with E-state index in [4.69, 9.17) is 15.3 Å². The highest BCUT2D eigenvalue weighted by Gasteiger charge is 2.10. The van der Waals surface area contributed by atoms with E-state index >= 15 is 0 Å². The highest BCUT2D eigenvalue weighted by Crippen LogP contribution is 2.25. The van der Waals surface area contributed by atoms with Crippen LogP contribution in [0.3, 0.4) is 0 Å². The minimum Gasteiger partial charge on any atom is -0.489 e. The molecule has 0 heterocycles. The highest BCUT2D eigenvalue weighted by atomic mass is 16.5. The van der Waals surface area contributed by atoms with Crippen molar-refractivity contribution in [3.05, 3.63) is 65.7 Å². The quantitative estimate of drug-likeness (QED) is 0.795. The number of benzene rings is 2. The van der Waals surface area contributed by atoms with Crippen LogP contribution in [0.15, 0.2) is 54.6 Å². The fourth-order valence-corrected chi connectivity index (χ4v) is 2.11. The van der Waals surface area contributed by atoms with Gasteiger partial charge in [0.2, 0.25) is 0 Å². The van der Waals surface area contributed by atoms with Crippen LogP contribution < -0.4 is 4.74 Å². The summed E-state index contributed by atoms with van der Waals surface area (Å²) < 4.78 is 5.72. The minimum atomic E-state index is -0.0248. The van der Waals surface area contributed by atoms with Crippen molar-refractivity contribution in [2.24, 2.45) is 0 Å². The Morgan fingerprint density at radius 3 is 2.05 bits per heavy atom. The molecule has 0 spiro atoms. The van der Waals surface area contributed by atoms with Gasteiger partial charge >= 0.3 is 0 Å². The molecule has 0 aliphatic heterocycles. The second kappa shape index (κ2) is 7.72. The summed E-state index contributed by atoms with van der Waals surface area (Å²) in [7, 11) is 0. The average molecular weight is 276 g/mol. The van der Waals surface area contributed by atoms with Gasteiger partial charge in [-0.25, -0.2) is 0 Å². The van der Waals surface area contributed by atoms with Gasteiger partial charge in [-0.3, -0.25) is 0 Å². The van der Waals surface area contributed by atoms with E-state index in [1.54, 1.807) is 0 Å². The first-order valence-corrected chi connectivity index (χ1v) is 6.84. The zero-order valence-electron chi connectivity index (χ0n) is 11.7. The van der Waals surface area contributed by atoms with Crippen LogP contribution in [0, 0.1) is 22.7 Å². The highest BCUT2D eigenvalue weighted by molar-refractivity contribution is 5.30. The van der Waals surface area contributed by atoms with Crippen molar-refractivity contribution in [3.8, 4) is 17.9 Å². The molecule has 0 unspecified atom stereocenters. The zero-order chi connectivity index (χ0) is 14.9. The Morgan fingerprint density at radius 2 is 1.48 bits per heavy atom. The monoisotopic (exact) mass is 276 g/mol. The summed E-state index contributed by atoms with van der Waals surface area (Å²) >= 11 is 0. The molecular formula is C18H16N2O. The molecular weight excluding hydrogens is 260 g/mol. The standard InChI is InChI=1S/C18H16N2O/c19-12-10-17(11-13-20)16-6-8-18(9-7-16)21-14-15-4-2-1-3-5-15/h1-9,17H,10-11,14H2. The first kappa shape index (κ1) is 14.6. The van der Waals surface area contributed by atoms with Crippen LogP contribution in [0.2, 0.25) is 0 Å². The summed E-state index contributed by atoms with van der Waals surface area (Å²) in [6.07, 6.45) is 0.718. The van der Waals surface area contributed by atoms with Gasteiger partial charge in [0, 0.05) is 18.8 Å². The molecule has 0 saturated carbocycles. The molecule has 21 heavy (non-hydrogen) atoms. The maximum atomic E-state index is 8.81. The van der Waals surface area contributed by atoms with Crippen LogP contribution in [0.5, 0.6) is 5.75 Å². The van der Waals surface area contributed by atoms with Gasteiger partial charge < -0.3 is 4.74 Å². The van der Waals surface area contributed by atoms with Crippen LogP contribution in [0.25, 0.3) is 0 Å². The van der Waals surface area contributed by atoms with Gasteiger partial charge in [-0.05, 0) is 23.3 Å². The molecule has 0 aliphatic carbocycles.